The zero-order chi connectivity index (χ0) is 17.2. The van der Waals surface area contributed by atoms with E-state index >= 15 is 0 Å². The van der Waals surface area contributed by atoms with E-state index in [0.717, 1.165) is 60.1 Å². The molecular formula is C18H19FN4OS. The van der Waals surface area contributed by atoms with E-state index in [9.17, 15) is 4.39 Å². The molecule has 0 N–H and O–H groups in total. The number of aromatic nitrogens is 3. The standard InChI is InChI=1S/C18H19FN4OS/c1-12-8-16(24-21-12)18-17(20-22-25-18)14-5-3-7-23(11-14)10-13-4-2-6-15(19)9-13/h2,4,6,8-9,14H,3,5,7,10-11H2,1H3/t14-/m1/s1. The molecule has 3 aromatic rings. The summed E-state index contributed by atoms with van der Waals surface area (Å²) >= 11 is 1.35. The molecule has 7 heteroatoms. The van der Waals surface area contributed by atoms with Crippen LogP contribution in [0, 0.1) is 12.7 Å². The number of likely N-dealkylation sites (tertiary alicyclic amines) is 1. The lowest BCUT2D eigenvalue weighted by molar-refractivity contribution is 0.198. The van der Waals surface area contributed by atoms with Gasteiger partial charge in [-0.15, -0.1) is 5.10 Å². The van der Waals surface area contributed by atoms with E-state index in [1.165, 1.54) is 17.6 Å². The Hall–Kier alpha value is -2.12. The van der Waals surface area contributed by atoms with Gasteiger partial charge in [0, 0.05) is 25.1 Å². The van der Waals surface area contributed by atoms with E-state index in [1.807, 2.05) is 19.1 Å². The number of benzene rings is 1. The Labute approximate surface area is 149 Å². The van der Waals surface area contributed by atoms with E-state index in [2.05, 4.69) is 19.6 Å². The summed E-state index contributed by atoms with van der Waals surface area (Å²) in [6.07, 6.45) is 2.16. The van der Waals surface area contributed by atoms with Crippen molar-refractivity contribution in [3.05, 3.63) is 53.1 Å². The van der Waals surface area contributed by atoms with Crippen molar-refractivity contribution in [3.8, 4) is 10.6 Å². The van der Waals surface area contributed by atoms with Gasteiger partial charge in [0.15, 0.2) is 5.76 Å². The number of aryl methyl sites for hydroxylation is 1. The van der Waals surface area contributed by atoms with E-state index in [-0.39, 0.29) is 5.82 Å². The molecule has 5 nitrogen and oxygen atoms in total. The minimum absolute atomic E-state index is 0.183. The summed E-state index contributed by atoms with van der Waals surface area (Å²) in [5.41, 5.74) is 2.85. The molecular weight excluding hydrogens is 339 g/mol. The Bertz CT molecular complexity index is 862. The van der Waals surface area contributed by atoms with E-state index < -0.39 is 0 Å². The average molecular weight is 358 g/mol. The van der Waals surface area contributed by atoms with Crippen LogP contribution in [0.5, 0.6) is 0 Å². The summed E-state index contributed by atoms with van der Waals surface area (Å²) in [5, 5.41) is 8.34. The van der Waals surface area contributed by atoms with Crippen LogP contribution in [-0.4, -0.2) is 32.7 Å². The summed E-state index contributed by atoms with van der Waals surface area (Å²) in [4.78, 5) is 3.33. The lowest BCUT2D eigenvalue weighted by Crippen LogP contribution is -2.34. The van der Waals surface area contributed by atoms with Gasteiger partial charge in [-0.05, 0) is 55.5 Å². The zero-order valence-corrected chi connectivity index (χ0v) is 14.8. The number of piperidine rings is 1. The highest BCUT2D eigenvalue weighted by atomic mass is 32.1. The van der Waals surface area contributed by atoms with Crippen molar-refractivity contribution in [1.29, 1.82) is 0 Å². The molecule has 0 unspecified atom stereocenters. The molecule has 0 bridgehead atoms. The first-order valence-electron chi connectivity index (χ1n) is 8.42. The molecule has 0 radical (unpaired) electrons. The molecule has 2 aromatic heterocycles. The Balaban J connectivity index is 1.51. The van der Waals surface area contributed by atoms with Crippen LogP contribution in [0.3, 0.4) is 0 Å². The topological polar surface area (TPSA) is 55.1 Å². The monoisotopic (exact) mass is 358 g/mol. The normalized spacial score (nSPS) is 18.6. The fourth-order valence-electron chi connectivity index (χ4n) is 3.42. The molecule has 1 saturated heterocycles. The lowest BCUT2D eigenvalue weighted by atomic mass is 9.93. The van der Waals surface area contributed by atoms with Crippen molar-refractivity contribution >= 4 is 11.5 Å². The fourth-order valence-corrected chi connectivity index (χ4v) is 4.12. The summed E-state index contributed by atoms with van der Waals surface area (Å²) in [6.45, 7) is 4.56. The molecule has 0 saturated carbocycles. The van der Waals surface area contributed by atoms with Gasteiger partial charge in [0.25, 0.3) is 0 Å². The van der Waals surface area contributed by atoms with Gasteiger partial charge in [0.2, 0.25) is 0 Å². The first-order chi connectivity index (χ1) is 12.2. The van der Waals surface area contributed by atoms with Gasteiger partial charge >= 0.3 is 0 Å². The van der Waals surface area contributed by atoms with Crippen LogP contribution in [0.4, 0.5) is 4.39 Å². The number of hydrogen-bond acceptors (Lipinski definition) is 6. The van der Waals surface area contributed by atoms with Crippen LogP contribution < -0.4 is 0 Å². The van der Waals surface area contributed by atoms with Crippen LogP contribution >= 0.6 is 11.5 Å². The summed E-state index contributed by atoms with van der Waals surface area (Å²) in [7, 11) is 0. The molecule has 0 amide bonds. The molecule has 130 valence electrons. The zero-order valence-electron chi connectivity index (χ0n) is 14.0. The third-order valence-electron chi connectivity index (χ3n) is 4.55. The number of hydrogen-bond donors (Lipinski definition) is 0. The Morgan fingerprint density at radius 3 is 3.08 bits per heavy atom. The van der Waals surface area contributed by atoms with Gasteiger partial charge < -0.3 is 4.52 Å². The van der Waals surface area contributed by atoms with Gasteiger partial charge in [-0.1, -0.05) is 21.8 Å². The minimum Gasteiger partial charge on any atom is -0.355 e. The molecule has 0 spiro atoms. The van der Waals surface area contributed by atoms with Crippen molar-refractivity contribution in [2.24, 2.45) is 0 Å². The second kappa shape index (κ2) is 7.01. The number of halogens is 1. The highest BCUT2D eigenvalue weighted by Crippen LogP contribution is 2.35. The first kappa shape index (κ1) is 16.4. The van der Waals surface area contributed by atoms with Crippen LogP contribution in [0.2, 0.25) is 0 Å². The van der Waals surface area contributed by atoms with Crippen LogP contribution in [0.1, 0.15) is 35.7 Å². The molecule has 0 aliphatic carbocycles. The molecule has 1 aliphatic heterocycles. The van der Waals surface area contributed by atoms with Crippen molar-refractivity contribution in [2.75, 3.05) is 13.1 Å². The molecule has 3 heterocycles. The quantitative estimate of drug-likeness (QED) is 0.705. The lowest BCUT2D eigenvalue weighted by Gasteiger charge is -2.32. The first-order valence-corrected chi connectivity index (χ1v) is 9.19. The highest BCUT2D eigenvalue weighted by Gasteiger charge is 2.27. The number of rotatable bonds is 4. The summed E-state index contributed by atoms with van der Waals surface area (Å²) in [5.74, 6) is 0.865. The molecule has 1 aromatic carbocycles. The van der Waals surface area contributed by atoms with E-state index in [1.54, 1.807) is 12.1 Å². The van der Waals surface area contributed by atoms with Crippen LogP contribution in [-0.2, 0) is 6.54 Å². The van der Waals surface area contributed by atoms with Crippen molar-refractivity contribution in [3.63, 3.8) is 0 Å². The van der Waals surface area contributed by atoms with Gasteiger partial charge in [-0.2, -0.15) is 0 Å². The Morgan fingerprint density at radius 2 is 2.28 bits per heavy atom. The van der Waals surface area contributed by atoms with Gasteiger partial charge in [0.05, 0.1) is 11.4 Å². The maximum atomic E-state index is 13.4. The largest absolute Gasteiger partial charge is 0.355 e. The van der Waals surface area contributed by atoms with E-state index in [0.29, 0.717) is 5.92 Å². The minimum atomic E-state index is -0.183. The SMILES string of the molecule is Cc1cc(-c2snnc2[C@@H]2CCCN(Cc3cccc(F)c3)C2)on1. The van der Waals surface area contributed by atoms with Gasteiger partial charge in [0.1, 0.15) is 10.7 Å². The van der Waals surface area contributed by atoms with Gasteiger partial charge in [-0.25, -0.2) is 4.39 Å². The van der Waals surface area contributed by atoms with Crippen LogP contribution in [0.25, 0.3) is 10.6 Å². The Morgan fingerprint density at radius 1 is 1.36 bits per heavy atom. The third-order valence-corrected chi connectivity index (χ3v) is 5.31. The maximum Gasteiger partial charge on any atom is 0.180 e. The molecule has 1 atom stereocenters. The maximum absolute atomic E-state index is 13.4. The summed E-state index contributed by atoms with van der Waals surface area (Å²) < 4.78 is 23.0. The molecule has 1 fully saturated rings. The second-order valence-corrected chi connectivity index (χ2v) is 7.28. The number of nitrogens with zero attached hydrogens (tertiary/aromatic N) is 4. The summed E-state index contributed by atoms with van der Waals surface area (Å²) in [6, 6.07) is 8.75. The fraction of sp³-hybridized carbons (Fsp3) is 0.389. The predicted molar refractivity (Wildman–Crippen MR) is 93.8 cm³/mol. The van der Waals surface area contributed by atoms with Crippen molar-refractivity contribution < 1.29 is 8.91 Å². The third kappa shape index (κ3) is 3.62. The Kier molecular flexibility index (Phi) is 4.59. The molecule has 1 aliphatic rings. The van der Waals surface area contributed by atoms with Crippen molar-refractivity contribution in [2.45, 2.75) is 32.2 Å². The molecule has 25 heavy (non-hydrogen) atoms. The second-order valence-electron chi connectivity index (χ2n) is 6.52. The molecule has 4 rings (SSSR count). The average Bonchev–Trinajstić information content (AvgIpc) is 3.23. The van der Waals surface area contributed by atoms with Crippen molar-refractivity contribution in [1.82, 2.24) is 19.6 Å². The van der Waals surface area contributed by atoms with Crippen LogP contribution in [0.15, 0.2) is 34.9 Å². The highest BCUT2D eigenvalue weighted by molar-refractivity contribution is 7.09. The predicted octanol–water partition coefficient (Wildman–Crippen LogP) is 4.02. The smallest absolute Gasteiger partial charge is 0.180 e. The van der Waals surface area contributed by atoms with Gasteiger partial charge in [-0.3, -0.25) is 4.90 Å². The van der Waals surface area contributed by atoms with E-state index in [4.69, 9.17) is 4.52 Å².